The molecule has 1 N–H and O–H groups in total. The predicted molar refractivity (Wildman–Crippen MR) is 58.3 cm³/mol. The summed E-state index contributed by atoms with van der Waals surface area (Å²) in [5.41, 5.74) is 0.886. The van der Waals surface area contributed by atoms with Crippen molar-refractivity contribution in [3.05, 3.63) is 41.0 Å². The molecule has 0 aliphatic rings. The fraction of sp³-hybridized carbons (Fsp3) is 0.167. The first kappa shape index (κ1) is 11.3. The third-order valence-electron chi connectivity index (χ3n) is 2.40. The van der Waals surface area contributed by atoms with Crippen molar-refractivity contribution in [2.45, 2.75) is 13.8 Å². The van der Waals surface area contributed by atoms with Crippen LogP contribution in [0.1, 0.15) is 21.8 Å². The summed E-state index contributed by atoms with van der Waals surface area (Å²) in [5.74, 6) is -1.05. The SMILES string of the molecule is Cc1cc(-c2nc(C(=O)O)c(C)o2)ccc1F. The summed E-state index contributed by atoms with van der Waals surface area (Å²) in [4.78, 5) is 14.7. The van der Waals surface area contributed by atoms with E-state index in [1.165, 1.54) is 19.1 Å². The second-order valence-corrected chi connectivity index (χ2v) is 3.69. The Balaban J connectivity index is 2.50. The maximum atomic E-state index is 13.1. The molecule has 0 radical (unpaired) electrons. The first-order valence-corrected chi connectivity index (χ1v) is 4.96. The lowest BCUT2D eigenvalue weighted by molar-refractivity contribution is 0.0689. The van der Waals surface area contributed by atoms with Gasteiger partial charge in [-0.25, -0.2) is 14.2 Å². The average molecular weight is 235 g/mol. The van der Waals surface area contributed by atoms with E-state index in [0.717, 1.165) is 0 Å². The summed E-state index contributed by atoms with van der Waals surface area (Å²) in [6, 6.07) is 4.36. The van der Waals surface area contributed by atoms with Gasteiger partial charge in [0, 0.05) is 5.56 Å². The smallest absolute Gasteiger partial charge is 0.358 e. The zero-order valence-corrected chi connectivity index (χ0v) is 9.32. The monoisotopic (exact) mass is 235 g/mol. The number of hydrogen-bond acceptors (Lipinski definition) is 3. The molecule has 5 heteroatoms. The molecule has 0 unspecified atom stereocenters. The van der Waals surface area contributed by atoms with E-state index in [0.29, 0.717) is 11.1 Å². The normalized spacial score (nSPS) is 10.5. The molecule has 0 fully saturated rings. The summed E-state index contributed by atoms with van der Waals surface area (Å²) < 4.78 is 18.3. The van der Waals surface area contributed by atoms with Gasteiger partial charge in [0.2, 0.25) is 5.89 Å². The van der Waals surface area contributed by atoms with Crippen LogP contribution < -0.4 is 0 Å². The quantitative estimate of drug-likeness (QED) is 0.869. The van der Waals surface area contributed by atoms with Gasteiger partial charge in [-0.05, 0) is 37.6 Å². The van der Waals surface area contributed by atoms with Crippen LogP contribution in [0, 0.1) is 19.7 Å². The molecular formula is C12H10FNO3. The van der Waals surface area contributed by atoms with Gasteiger partial charge in [0.05, 0.1) is 0 Å². The van der Waals surface area contributed by atoms with Crippen molar-refractivity contribution in [2.75, 3.05) is 0 Å². The maximum Gasteiger partial charge on any atom is 0.358 e. The van der Waals surface area contributed by atoms with Gasteiger partial charge in [0.25, 0.3) is 0 Å². The van der Waals surface area contributed by atoms with Gasteiger partial charge >= 0.3 is 5.97 Å². The number of carboxylic acid groups (broad SMARTS) is 1. The Hall–Kier alpha value is -2.17. The number of carboxylic acids is 1. The highest BCUT2D eigenvalue weighted by Crippen LogP contribution is 2.23. The summed E-state index contributed by atoms with van der Waals surface area (Å²) in [6.07, 6.45) is 0. The number of rotatable bonds is 2. The Morgan fingerprint density at radius 2 is 2.12 bits per heavy atom. The third kappa shape index (κ3) is 2.04. The minimum atomic E-state index is -1.14. The van der Waals surface area contributed by atoms with Gasteiger partial charge in [0.15, 0.2) is 5.69 Å². The Labute approximate surface area is 96.7 Å². The van der Waals surface area contributed by atoms with Gasteiger partial charge in [-0.15, -0.1) is 0 Å². The Bertz CT molecular complexity index is 589. The van der Waals surface area contributed by atoms with Gasteiger partial charge < -0.3 is 9.52 Å². The van der Waals surface area contributed by atoms with E-state index < -0.39 is 5.97 Å². The molecule has 2 rings (SSSR count). The van der Waals surface area contributed by atoms with Crippen molar-refractivity contribution in [1.29, 1.82) is 0 Å². The number of aromatic carboxylic acids is 1. The van der Waals surface area contributed by atoms with Crippen LogP contribution in [-0.2, 0) is 0 Å². The van der Waals surface area contributed by atoms with Gasteiger partial charge in [-0.3, -0.25) is 0 Å². The van der Waals surface area contributed by atoms with Gasteiger partial charge in [-0.1, -0.05) is 0 Å². The van der Waals surface area contributed by atoms with Crippen LogP contribution in [0.3, 0.4) is 0 Å². The lowest BCUT2D eigenvalue weighted by Gasteiger charge is -1.98. The summed E-state index contributed by atoms with van der Waals surface area (Å²) in [7, 11) is 0. The van der Waals surface area contributed by atoms with Crippen LogP contribution in [0.2, 0.25) is 0 Å². The maximum absolute atomic E-state index is 13.1. The molecule has 0 atom stereocenters. The zero-order chi connectivity index (χ0) is 12.6. The highest BCUT2D eigenvalue weighted by Gasteiger charge is 2.17. The summed E-state index contributed by atoms with van der Waals surface area (Å²) >= 11 is 0. The molecule has 0 saturated heterocycles. The molecule has 1 aromatic heterocycles. The van der Waals surface area contributed by atoms with Crippen molar-refractivity contribution < 1.29 is 18.7 Å². The number of nitrogens with zero attached hydrogens (tertiary/aromatic N) is 1. The van der Waals surface area contributed by atoms with E-state index in [9.17, 15) is 9.18 Å². The van der Waals surface area contributed by atoms with E-state index in [2.05, 4.69) is 4.98 Å². The first-order valence-electron chi connectivity index (χ1n) is 4.96. The topological polar surface area (TPSA) is 63.3 Å². The van der Waals surface area contributed by atoms with E-state index in [1.807, 2.05) is 0 Å². The van der Waals surface area contributed by atoms with Crippen molar-refractivity contribution >= 4 is 5.97 Å². The first-order chi connectivity index (χ1) is 7.99. The molecule has 0 aliphatic carbocycles. The summed E-state index contributed by atoms with van der Waals surface area (Å²) in [6.45, 7) is 3.14. The number of carbonyl (C=O) groups is 1. The van der Waals surface area contributed by atoms with E-state index in [4.69, 9.17) is 9.52 Å². The average Bonchev–Trinajstić information content (AvgIpc) is 2.64. The highest BCUT2D eigenvalue weighted by molar-refractivity contribution is 5.87. The molecule has 2 aromatic rings. The summed E-state index contributed by atoms with van der Waals surface area (Å²) in [5, 5.41) is 8.84. The second-order valence-electron chi connectivity index (χ2n) is 3.69. The number of hydrogen-bond donors (Lipinski definition) is 1. The lowest BCUT2D eigenvalue weighted by atomic mass is 10.1. The van der Waals surface area contributed by atoms with E-state index in [1.54, 1.807) is 13.0 Å². The van der Waals surface area contributed by atoms with Crippen molar-refractivity contribution in [1.82, 2.24) is 4.98 Å². The highest BCUT2D eigenvalue weighted by atomic mass is 19.1. The van der Waals surface area contributed by atoms with Crippen LogP contribution in [0.4, 0.5) is 4.39 Å². The van der Waals surface area contributed by atoms with Crippen LogP contribution in [0.5, 0.6) is 0 Å². The van der Waals surface area contributed by atoms with E-state index >= 15 is 0 Å². The van der Waals surface area contributed by atoms with Crippen LogP contribution in [-0.4, -0.2) is 16.1 Å². The molecule has 0 aliphatic heterocycles. The molecule has 1 heterocycles. The number of aromatic nitrogens is 1. The minimum absolute atomic E-state index is 0.123. The van der Waals surface area contributed by atoms with Gasteiger partial charge in [-0.2, -0.15) is 0 Å². The Morgan fingerprint density at radius 1 is 1.41 bits per heavy atom. The molecule has 0 amide bonds. The fourth-order valence-electron chi connectivity index (χ4n) is 1.50. The second kappa shape index (κ2) is 4.01. The van der Waals surface area contributed by atoms with Crippen molar-refractivity contribution in [3.8, 4) is 11.5 Å². The van der Waals surface area contributed by atoms with Crippen molar-refractivity contribution in [3.63, 3.8) is 0 Å². The Morgan fingerprint density at radius 3 is 2.65 bits per heavy atom. The Kier molecular flexibility index (Phi) is 2.67. The molecule has 0 spiro atoms. The molecule has 17 heavy (non-hydrogen) atoms. The number of aryl methyl sites for hydroxylation is 2. The number of halogens is 1. The third-order valence-corrected chi connectivity index (χ3v) is 2.40. The fourth-order valence-corrected chi connectivity index (χ4v) is 1.50. The number of benzene rings is 1. The van der Waals surface area contributed by atoms with Crippen molar-refractivity contribution in [2.24, 2.45) is 0 Å². The predicted octanol–water partition coefficient (Wildman–Crippen LogP) is 2.80. The molecular weight excluding hydrogens is 225 g/mol. The van der Waals surface area contributed by atoms with Crippen LogP contribution in [0.15, 0.2) is 22.6 Å². The molecule has 4 nitrogen and oxygen atoms in total. The lowest BCUT2D eigenvalue weighted by Crippen LogP contribution is -1.98. The largest absolute Gasteiger partial charge is 0.476 e. The van der Waals surface area contributed by atoms with Gasteiger partial charge in [0.1, 0.15) is 11.6 Å². The molecule has 0 saturated carbocycles. The molecule has 88 valence electrons. The molecule has 1 aromatic carbocycles. The van der Waals surface area contributed by atoms with Crippen LogP contribution >= 0.6 is 0 Å². The molecule has 0 bridgehead atoms. The zero-order valence-electron chi connectivity index (χ0n) is 9.32. The minimum Gasteiger partial charge on any atom is -0.476 e. The van der Waals surface area contributed by atoms with Crippen LogP contribution in [0.25, 0.3) is 11.5 Å². The number of oxazole rings is 1. The standard InChI is InChI=1S/C12H10FNO3/c1-6-5-8(3-4-9(6)13)11-14-10(12(15)16)7(2)17-11/h3-5H,1-2H3,(H,15,16). The van der Waals surface area contributed by atoms with E-state index in [-0.39, 0.29) is 23.2 Å².